The predicted octanol–water partition coefficient (Wildman–Crippen LogP) is 7.68. The largest absolute Gasteiger partial charge is 0.494 e. The number of rotatable bonds is 12. The Kier molecular flexibility index (Phi) is 8.70. The molecule has 1 N–H and O–H groups in total. The molecule has 0 aliphatic heterocycles. The number of aliphatic hydroxyl groups is 1. The van der Waals surface area contributed by atoms with Gasteiger partial charge in [-0.25, -0.2) is 4.39 Å². The molecule has 4 atom stereocenters. The minimum absolute atomic E-state index is 0.0319. The highest BCUT2D eigenvalue weighted by Crippen LogP contribution is 2.52. The monoisotopic (exact) mass is 546 g/mol. The van der Waals surface area contributed by atoms with Crippen molar-refractivity contribution in [3.63, 3.8) is 0 Å². The van der Waals surface area contributed by atoms with Crippen molar-refractivity contribution in [2.75, 3.05) is 6.61 Å². The molecule has 214 valence electrons. The second-order valence-corrected chi connectivity index (χ2v) is 11.7. The summed E-state index contributed by atoms with van der Waals surface area (Å²) in [5.74, 6) is -3.96. The molecule has 0 aromatic rings. The van der Waals surface area contributed by atoms with Crippen LogP contribution in [0.1, 0.15) is 72.6 Å². The lowest BCUT2D eigenvalue weighted by molar-refractivity contribution is -0.198. The molecule has 0 radical (unpaired) electrons. The highest BCUT2D eigenvalue weighted by molar-refractivity contribution is 5.93. The zero-order valence-corrected chi connectivity index (χ0v) is 23.4. The smallest absolute Gasteiger partial charge is 0.333 e. The number of hydrogen-bond donors (Lipinski definition) is 1. The molecule has 0 aromatic heterocycles. The van der Waals surface area contributed by atoms with Crippen LogP contribution in [-0.2, 0) is 14.3 Å². The number of aliphatic hydroxyl groups excluding tert-OH is 1. The third-order valence-corrected chi connectivity index (χ3v) is 8.61. The Bertz CT molecular complexity index is 1120. The zero-order valence-electron chi connectivity index (χ0n) is 23.4. The molecule has 0 aromatic carbocycles. The van der Waals surface area contributed by atoms with Gasteiger partial charge in [-0.3, -0.25) is 4.79 Å². The van der Waals surface area contributed by atoms with Crippen molar-refractivity contribution < 1.29 is 32.5 Å². The Morgan fingerprint density at radius 2 is 1.79 bits per heavy atom. The van der Waals surface area contributed by atoms with Crippen LogP contribution >= 0.6 is 0 Å². The standard InChI is InChI=1S/C32H41F3O4/c1-5-30(3,4)28(36)31(33,23-11-12-23)24-13-15-25(16-14-24)32(34,35)29(37)39-27-19-9-22(10-20-27)21-7-17-26(18-8-21)38-6-2/h7,9,13,15-19,21,23-24,29,37H,5-6,8,10-12,14,20H2,1-4H3. The molecule has 0 bridgehead atoms. The van der Waals surface area contributed by atoms with Gasteiger partial charge in [0.1, 0.15) is 11.5 Å². The third kappa shape index (κ3) is 6.13. The van der Waals surface area contributed by atoms with Gasteiger partial charge < -0.3 is 14.6 Å². The minimum Gasteiger partial charge on any atom is -0.494 e. The number of halogens is 3. The van der Waals surface area contributed by atoms with Gasteiger partial charge in [-0.05, 0) is 63.7 Å². The van der Waals surface area contributed by atoms with Crippen molar-refractivity contribution in [2.45, 2.75) is 90.5 Å². The average Bonchev–Trinajstić information content (AvgIpc) is 3.79. The molecule has 4 unspecified atom stereocenters. The molecule has 0 heterocycles. The van der Waals surface area contributed by atoms with E-state index in [1.807, 2.05) is 32.1 Å². The summed E-state index contributed by atoms with van der Waals surface area (Å²) in [5.41, 5.74) is -2.17. The SMILES string of the molecule is CCOC1=CCC(C2=CC=C(OC(O)C(F)(F)C3=CCC(C(F)(C(=O)C(C)(C)CC)C4CC4)C=C3)CC2)C=C1. The van der Waals surface area contributed by atoms with Crippen LogP contribution in [0, 0.1) is 23.2 Å². The van der Waals surface area contributed by atoms with Gasteiger partial charge >= 0.3 is 5.92 Å². The minimum atomic E-state index is -3.69. The number of Topliss-reactive ketones (excluding diaryl/α,β-unsaturated/α-hetero) is 1. The van der Waals surface area contributed by atoms with Crippen molar-refractivity contribution in [1.29, 1.82) is 0 Å². The van der Waals surface area contributed by atoms with E-state index in [0.717, 1.165) is 18.3 Å². The number of hydrogen-bond acceptors (Lipinski definition) is 4. The molecule has 39 heavy (non-hydrogen) atoms. The lowest BCUT2D eigenvalue weighted by Gasteiger charge is -2.38. The Morgan fingerprint density at radius 3 is 2.31 bits per heavy atom. The number of carbonyl (C=O) groups excluding carboxylic acids is 1. The van der Waals surface area contributed by atoms with E-state index in [9.17, 15) is 9.90 Å². The van der Waals surface area contributed by atoms with E-state index in [0.29, 0.717) is 44.5 Å². The van der Waals surface area contributed by atoms with Crippen LogP contribution in [0.15, 0.2) is 71.3 Å². The number of ether oxygens (including phenoxy) is 2. The van der Waals surface area contributed by atoms with Crippen LogP contribution in [0.2, 0.25) is 0 Å². The summed E-state index contributed by atoms with van der Waals surface area (Å²) in [6.45, 7) is 7.87. The normalized spacial score (nSPS) is 26.1. The first-order valence-electron chi connectivity index (χ1n) is 14.2. The summed E-state index contributed by atoms with van der Waals surface area (Å²) >= 11 is 0. The van der Waals surface area contributed by atoms with E-state index in [2.05, 4.69) is 6.08 Å². The Hall–Kier alpha value is -2.54. The van der Waals surface area contributed by atoms with E-state index in [4.69, 9.17) is 9.47 Å². The fraction of sp³-hybridized carbons (Fsp3) is 0.594. The van der Waals surface area contributed by atoms with Gasteiger partial charge in [0.05, 0.1) is 6.61 Å². The molecular weight excluding hydrogens is 505 g/mol. The zero-order chi connectivity index (χ0) is 28.4. The second-order valence-electron chi connectivity index (χ2n) is 11.7. The predicted molar refractivity (Wildman–Crippen MR) is 145 cm³/mol. The van der Waals surface area contributed by atoms with Gasteiger partial charge in [-0.1, -0.05) is 56.7 Å². The van der Waals surface area contributed by atoms with Crippen molar-refractivity contribution >= 4 is 5.78 Å². The Morgan fingerprint density at radius 1 is 1.05 bits per heavy atom. The molecule has 0 saturated heterocycles. The summed E-state index contributed by atoms with van der Waals surface area (Å²) in [4.78, 5) is 13.2. The van der Waals surface area contributed by atoms with E-state index < -0.39 is 40.6 Å². The molecule has 0 amide bonds. The Labute approximate surface area is 230 Å². The molecule has 1 saturated carbocycles. The van der Waals surface area contributed by atoms with Gasteiger partial charge in [0, 0.05) is 35.2 Å². The summed E-state index contributed by atoms with van der Waals surface area (Å²) < 4.78 is 57.5. The summed E-state index contributed by atoms with van der Waals surface area (Å²) in [7, 11) is 0. The van der Waals surface area contributed by atoms with Crippen LogP contribution in [-0.4, -0.2) is 35.4 Å². The molecule has 4 aliphatic carbocycles. The van der Waals surface area contributed by atoms with Gasteiger partial charge in [0.25, 0.3) is 6.29 Å². The van der Waals surface area contributed by atoms with Gasteiger partial charge in [0.2, 0.25) is 0 Å². The first-order chi connectivity index (χ1) is 18.4. The third-order valence-electron chi connectivity index (χ3n) is 8.61. The maximum atomic E-state index is 16.3. The number of alkyl halides is 3. The van der Waals surface area contributed by atoms with E-state index in [1.165, 1.54) is 17.7 Å². The van der Waals surface area contributed by atoms with Crippen LogP contribution in [0.4, 0.5) is 13.2 Å². The van der Waals surface area contributed by atoms with Crippen LogP contribution in [0.25, 0.3) is 0 Å². The number of ketones is 1. The second kappa shape index (κ2) is 11.5. The molecule has 4 rings (SSSR count). The fourth-order valence-electron chi connectivity index (χ4n) is 5.57. The summed E-state index contributed by atoms with van der Waals surface area (Å²) in [6, 6.07) is 0. The first-order valence-corrected chi connectivity index (χ1v) is 14.2. The topological polar surface area (TPSA) is 55.8 Å². The lowest BCUT2D eigenvalue weighted by atomic mass is 9.68. The van der Waals surface area contributed by atoms with Crippen molar-refractivity contribution in [3.05, 3.63) is 71.3 Å². The molecule has 4 nitrogen and oxygen atoms in total. The quantitative estimate of drug-likeness (QED) is 0.255. The highest BCUT2D eigenvalue weighted by atomic mass is 19.3. The molecule has 4 aliphatic rings. The van der Waals surface area contributed by atoms with Crippen LogP contribution in [0.3, 0.4) is 0 Å². The van der Waals surface area contributed by atoms with Gasteiger partial charge in [-0.15, -0.1) is 0 Å². The number of allylic oxidation sites excluding steroid dienone is 10. The van der Waals surface area contributed by atoms with Crippen LogP contribution in [0.5, 0.6) is 0 Å². The maximum absolute atomic E-state index is 16.3. The van der Waals surface area contributed by atoms with E-state index in [-0.39, 0.29) is 18.3 Å². The average molecular weight is 547 g/mol. The van der Waals surface area contributed by atoms with Gasteiger partial charge in [-0.2, -0.15) is 8.78 Å². The Balaban J connectivity index is 1.38. The lowest BCUT2D eigenvalue weighted by Crippen LogP contribution is -2.50. The first kappa shape index (κ1) is 29.4. The van der Waals surface area contributed by atoms with E-state index in [1.54, 1.807) is 19.9 Å². The summed E-state index contributed by atoms with van der Waals surface area (Å²) in [6.07, 6.45) is 14.6. The van der Waals surface area contributed by atoms with Crippen molar-refractivity contribution in [1.82, 2.24) is 0 Å². The van der Waals surface area contributed by atoms with Crippen LogP contribution < -0.4 is 0 Å². The molecule has 1 fully saturated rings. The fourth-order valence-corrected chi connectivity index (χ4v) is 5.57. The highest BCUT2D eigenvalue weighted by Gasteiger charge is 2.59. The molecule has 0 spiro atoms. The van der Waals surface area contributed by atoms with Crippen molar-refractivity contribution in [2.24, 2.45) is 23.2 Å². The van der Waals surface area contributed by atoms with E-state index >= 15 is 13.2 Å². The number of carbonyl (C=O) groups is 1. The summed E-state index contributed by atoms with van der Waals surface area (Å²) in [5, 5.41) is 10.4. The van der Waals surface area contributed by atoms with Crippen molar-refractivity contribution in [3.8, 4) is 0 Å². The maximum Gasteiger partial charge on any atom is 0.333 e. The molecule has 7 heteroatoms. The van der Waals surface area contributed by atoms with Gasteiger partial charge in [0.15, 0.2) is 11.5 Å². The molecular formula is C32H41F3O4.